The number of ether oxygens (including phenoxy) is 2. The van der Waals surface area contributed by atoms with Gasteiger partial charge in [0.25, 0.3) is 0 Å². The second kappa shape index (κ2) is 6.65. The van der Waals surface area contributed by atoms with Gasteiger partial charge in [-0.2, -0.15) is 0 Å². The number of hydrogen-bond donors (Lipinski definition) is 0. The summed E-state index contributed by atoms with van der Waals surface area (Å²) < 4.78 is 11.5. The molecule has 1 aromatic rings. The van der Waals surface area contributed by atoms with Crippen LogP contribution in [0.1, 0.15) is 51.7 Å². The Morgan fingerprint density at radius 1 is 0.950 bits per heavy atom. The van der Waals surface area contributed by atoms with Crippen LogP contribution in [0.5, 0.6) is 0 Å². The molecule has 2 nitrogen and oxygen atoms in total. The van der Waals surface area contributed by atoms with Gasteiger partial charge < -0.3 is 9.47 Å². The van der Waals surface area contributed by atoms with E-state index < -0.39 is 0 Å². The fourth-order valence-electron chi connectivity index (χ4n) is 2.26. The molecule has 2 atom stereocenters. The van der Waals surface area contributed by atoms with Crippen molar-refractivity contribution in [3.8, 4) is 0 Å². The van der Waals surface area contributed by atoms with E-state index in [2.05, 4.69) is 59.1 Å². The normalized spacial score (nSPS) is 16.6. The van der Waals surface area contributed by atoms with Crippen LogP contribution in [0.2, 0.25) is 0 Å². The Kier molecular flexibility index (Phi) is 5.43. The molecule has 0 amide bonds. The first-order valence-electron chi connectivity index (χ1n) is 7.14. The van der Waals surface area contributed by atoms with E-state index in [9.17, 15) is 0 Å². The van der Waals surface area contributed by atoms with Crippen molar-refractivity contribution >= 4 is 0 Å². The molecule has 2 heteroatoms. The van der Waals surface area contributed by atoms with Crippen LogP contribution in [0.4, 0.5) is 0 Å². The average Bonchev–Trinajstić information content (AvgIpc) is 2.47. The summed E-state index contributed by atoms with van der Waals surface area (Å²) in [6.07, 6.45) is 4.76. The van der Waals surface area contributed by atoms with Gasteiger partial charge in [0.05, 0.1) is 12.5 Å². The van der Waals surface area contributed by atoms with Gasteiger partial charge in [-0.05, 0) is 43.9 Å². The number of benzene rings is 1. The molecule has 0 fully saturated rings. The zero-order valence-corrected chi connectivity index (χ0v) is 13.1. The number of hydrogen-bond acceptors (Lipinski definition) is 2. The first-order valence-corrected chi connectivity index (χ1v) is 7.14. The lowest BCUT2D eigenvalue weighted by Gasteiger charge is -2.32. The quantitative estimate of drug-likeness (QED) is 0.602. The van der Waals surface area contributed by atoms with Gasteiger partial charge in [-0.25, -0.2) is 0 Å². The summed E-state index contributed by atoms with van der Waals surface area (Å²) in [5.74, 6) is 0. The Hall–Kier alpha value is -1.70. The Morgan fingerprint density at radius 3 is 1.65 bits per heavy atom. The van der Waals surface area contributed by atoms with E-state index in [-0.39, 0.29) is 11.2 Å². The Morgan fingerprint density at radius 2 is 1.35 bits per heavy atom. The van der Waals surface area contributed by atoms with E-state index in [1.165, 1.54) is 12.5 Å². The van der Waals surface area contributed by atoms with Crippen molar-refractivity contribution in [3.05, 3.63) is 61.1 Å². The van der Waals surface area contributed by atoms with Crippen LogP contribution in [0.3, 0.4) is 0 Å². The standard InChI is InChI=1S/C18H26O2/c1-7-17(5,19-9-3)15-12-11-13-16(14-15)18(6,8-2)20-10-4/h9-14H,3-4,7-8H2,1-2,5-6H3. The molecule has 0 radical (unpaired) electrons. The third-order valence-electron chi connectivity index (χ3n) is 4.12. The molecule has 0 aliphatic carbocycles. The third-order valence-corrected chi connectivity index (χ3v) is 4.12. The molecule has 0 aromatic heterocycles. The highest BCUT2D eigenvalue weighted by Gasteiger charge is 2.30. The third kappa shape index (κ3) is 3.24. The van der Waals surface area contributed by atoms with Gasteiger partial charge in [-0.15, -0.1) is 0 Å². The van der Waals surface area contributed by atoms with Crippen molar-refractivity contribution in [1.82, 2.24) is 0 Å². The summed E-state index contributed by atoms with van der Waals surface area (Å²) in [4.78, 5) is 0. The Bertz CT molecular complexity index is 427. The summed E-state index contributed by atoms with van der Waals surface area (Å²) >= 11 is 0. The van der Waals surface area contributed by atoms with Gasteiger partial charge in [0.1, 0.15) is 11.2 Å². The summed E-state index contributed by atoms with van der Waals surface area (Å²) in [7, 11) is 0. The smallest absolute Gasteiger partial charge is 0.130 e. The maximum atomic E-state index is 5.73. The van der Waals surface area contributed by atoms with Crippen molar-refractivity contribution in [2.45, 2.75) is 51.7 Å². The highest BCUT2D eigenvalue weighted by atomic mass is 16.5. The molecule has 0 saturated carbocycles. The Labute approximate surface area is 123 Å². The first kappa shape index (κ1) is 16.4. The molecule has 0 N–H and O–H groups in total. The second-order valence-corrected chi connectivity index (χ2v) is 5.32. The lowest BCUT2D eigenvalue weighted by molar-refractivity contribution is 0.0267. The van der Waals surface area contributed by atoms with Gasteiger partial charge in [-0.3, -0.25) is 0 Å². The minimum atomic E-state index is -0.361. The molecular weight excluding hydrogens is 248 g/mol. The molecular formula is C18H26O2. The lowest BCUT2D eigenvalue weighted by atomic mass is 9.86. The van der Waals surface area contributed by atoms with E-state index >= 15 is 0 Å². The van der Waals surface area contributed by atoms with Crippen molar-refractivity contribution in [1.29, 1.82) is 0 Å². The van der Waals surface area contributed by atoms with Gasteiger partial charge in [-0.1, -0.05) is 45.2 Å². The Balaban J connectivity index is 3.24. The highest BCUT2D eigenvalue weighted by Crippen LogP contribution is 2.34. The van der Waals surface area contributed by atoms with Crippen LogP contribution in [0.25, 0.3) is 0 Å². The van der Waals surface area contributed by atoms with Crippen LogP contribution < -0.4 is 0 Å². The molecule has 0 heterocycles. The molecule has 0 aliphatic rings. The molecule has 1 rings (SSSR count). The fourth-order valence-corrected chi connectivity index (χ4v) is 2.26. The molecule has 0 saturated heterocycles. The monoisotopic (exact) mass is 274 g/mol. The van der Waals surface area contributed by atoms with E-state index in [0.717, 1.165) is 24.0 Å². The summed E-state index contributed by atoms with van der Waals surface area (Å²) in [5, 5.41) is 0. The summed E-state index contributed by atoms with van der Waals surface area (Å²) in [5.41, 5.74) is 1.54. The van der Waals surface area contributed by atoms with Gasteiger partial charge in [0.2, 0.25) is 0 Å². The van der Waals surface area contributed by atoms with Gasteiger partial charge >= 0.3 is 0 Å². The summed E-state index contributed by atoms with van der Waals surface area (Å²) in [6, 6.07) is 8.37. The van der Waals surface area contributed by atoms with Crippen molar-refractivity contribution in [3.63, 3.8) is 0 Å². The van der Waals surface area contributed by atoms with Crippen molar-refractivity contribution < 1.29 is 9.47 Å². The molecule has 20 heavy (non-hydrogen) atoms. The minimum Gasteiger partial charge on any atom is -0.491 e. The predicted molar refractivity (Wildman–Crippen MR) is 84.3 cm³/mol. The van der Waals surface area contributed by atoms with E-state index in [0.29, 0.717) is 0 Å². The van der Waals surface area contributed by atoms with E-state index in [1.54, 1.807) is 0 Å². The van der Waals surface area contributed by atoms with Crippen molar-refractivity contribution in [2.24, 2.45) is 0 Å². The van der Waals surface area contributed by atoms with Crippen LogP contribution >= 0.6 is 0 Å². The summed E-state index contributed by atoms with van der Waals surface area (Å²) in [6.45, 7) is 15.7. The average molecular weight is 274 g/mol. The maximum Gasteiger partial charge on any atom is 0.130 e. The molecule has 0 aliphatic heterocycles. The van der Waals surface area contributed by atoms with Crippen LogP contribution in [0, 0.1) is 0 Å². The maximum absolute atomic E-state index is 5.73. The predicted octanol–water partition coefficient (Wildman–Crippen LogP) is 5.26. The van der Waals surface area contributed by atoms with Gasteiger partial charge in [0, 0.05) is 0 Å². The molecule has 0 spiro atoms. The molecule has 2 unspecified atom stereocenters. The lowest BCUT2D eigenvalue weighted by Crippen LogP contribution is -2.26. The van der Waals surface area contributed by atoms with Gasteiger partial charge in [0.15, 0.2) is 0 Å². The SMILES string of the molecule is C=COC(C)(CC)c1cccc(C(C)(CC)OC=C)c1. The molecule has 110 valence electrons. The second-order valence-electron chi connectivity index (χ2n) is 5.32. The van der Waals surface area contributed by atoms with Crippen LogP contribution in [0.15, 0.2) is 49.9 Å². The van der Waals surface area contributed by atoms with Crippen molar-refractivity contribution in [2.75, 3.05) is 0 Å². The van der Waals surface area contributed by atoms with Crippen LogP contribution in [-0.4, -0.2) is 0 Å². The fraction of sp³-hybridized carbons (Fsp3) is 0.444. The largest absolute Gasteiger partial charge is 0.491 e. The van der Waals surface area contributed by atoms with Crippen LogP contribution in [-0.2, 0) is 20.7 Å². The highest BCUT2D eigenvalue weighted by molar-refractivity contribution is 5.32. The zero-order valence-electron chi connectivity index (χ0n) is 13.1. The molecule has 0 bridgehead atoms. The number of rotatable bonds is 8. The van der Waals surface area contributed by atoms with E-state index in [4.69, 9.17) is 9.47 Å². The topological polar surface area (TPSA) is 18.5 Å². The minimum absolute atomic E-state index is 0.361. The van der Waals surface area contributed by atoms with E-state index in [1.807, 2.05) is 6.07 Å². The zero-order chi connectivity index (χ0) is 15.2. The molecule has 1 aromatic carbocycles. The first-order chi connectivity index (χ1) is 9.45.